The predicted octanol–water partition coefficient (Wildman–Crippen LogP) is 2.45. The maximum absolute atomic E-state index is 12.9. The van der Waals surface area contributed by atoms with Gasteiger partial charge in [-0.05, 0) is 24.8 Å². The third-order valence-electron chi connectivity index (χ3n) is 5.94. The van der Waals surface area contributed by atoms with E-state index in [9.17, 15) is 14.4 Å². The fourth-order valence-electron chi connectivity index (χ4n) is 4.01. The minimum absolute atomic E-state index is 0.0476. The molecule has 3 rings (SSSR count). The number of carbonyl (C=O) groups is 3. The molecule has 29 heavy (non-hydrogen) atoms. The van der Waals surface area contributed by atoms with Crippen LogP contribution in [0.5, 0.6) is 0 Å². The van der Waals surface area contributed by atoms with Crippen LogP contribution in [0.4, 0.5) is 0 Å². The number of hydrogen-bond donors (Lipinski definition) is 0. The molecule has 0 radical (unpaired) electrons. The molecule has 1 aromatic carbocycles. The highest BCUT2D eigenvalue weighted by molar-refractivity contribution is 5.89. The standard InChI is InChI=1S/C23H33N3O3/c1-17(2)4-9-21(27)24-10-12-25(13-11-24)23(29)20-14-22(28)26(16-20)15-19-7-5-18(3)6-8-19/h5-8,17,20H,4,9-16H2,1-3H3. The Balaban J connectivity index is 1.48. The van der Waals surface area contributed by atoms with Crippen molar-refractivity contribution in [3.63, 3.8) is 0 Å². The van der Waals surface area contributed by atoms with Crippen LogP contribution in [0.25, 0.3) is 0 Å². The van der Waals surface area contributed by atoms with Gasteiger partial charge in [0.25, 0.3) is 0 Å². The minimum Gasteiger partial charge on any atom is -0.339 e. The lowest BCUT2D eigenvalue weighted by Crippen LogP contribution is -2.52. The summed E-state index contributed by atoms with van der Waals surface area (Å²) in [6, 6.07) is 8.15. The Morgan fingerprint density at radius 1 is 1.03 bits per heavy atom. The molecule has 2 aliphatic rings. The summed E-state index contributed by atoms with van der Waals surface area (Å²) in [6.07, 6.45) is 1.77. The Kier molecular flexibility index (Phi) is 6.93. The number of amides is 3. The normalized spacial score (nSPS) is 19.9. The molecule has 158 valence electrons. The highest BCUT2D eigenvalue weighted by Gasteiger charge is 2.37. The number of likely N-dealkylation sites (tertiary alicyclic amines) is 1. The molecule has 2 aliphatic heterocycles. The number of piperazine rings is 1. The zero-order valence-electron chi connectivity index (χ0n) is 17.9. The van der Waals surface area contributed by atoms with Gasteiger partial charge in [-0.1, -0.05) is 43.7 Å². The van der Waals surface area contributed by atoms with Crippen molar-refractivity contribution in [1.82, 2.24) is 14.7 Å². The van der Waals surface area contributed by atoms with Gasteiger partial charge < -0.3 is 14.7 Å². The first-order chi connectivity index (χ1) is 13.8. The van der Waals surface area contributed by atoms with Crippen molar-refractivity contribution in [3.8, 4) is 0 Å². The molecule has 2 fully saturated rings. The first-order valence-corrected chi connectivity index (χ1v) is 10.7. The van der Waals surface area contributed by atoms with Gasteiger partial charge >= 0.3 is 0 Å². The van der Waals surface area contributed by atoms with Crippen molar-refractivity contribution in [2.75, 3.05) is 32.7 Å². The van der Waals surface area contributed by atoms with Gasteiger partial charge in [0.05, 0.1) is 5.92 Å². The van der Waals surface area contributed by atoms with Crippen LogP contribution in [0.15, 0.2) is 24.3 Å². The van der Waals surface area contributed by atoms with Gasteiger partial charge in [0.1, 0.15) is 0 Å². The number of aryl methyl sites for hydroxylation is 1. The van der Waals surface area contributed by atoms with Crippen molar-refractivity contribution in [2.45, 2.75) is 46.6 Å². The zero-order chi connectivity index (χ0) is 21.0. The summed E-state index contributed by atoms with van der Waals surface area (Å²) in [5.74, 6) is 0.539. The third kappa shape index (κ3) is 5.58. The molecule has 0 saturated carbocycles. The molecule has 2 heterocycles. The molecule has 3 amide bonds. The molecule has 0 spiro atoms. The van der Waals surface area contributed by atoms with E-state index in [0.29, 0.717) is 51.6 Å². The van der Waals surface area contributed by atoms with Gasteiger partial charge in [-0.15, -0.1) is 0 Å². The Morgan fingerprint density at radius 2 is 1.66 bits per heavy atom. The smallest absolute Gasteiger partial charge is 0.228 e. The van der Waals surface area contributed by atoms with Gasteiger partial charge in [0.2, 0.25) is 17.7 Å². The lowest BCUT2D eigenvalue weighted by molar-refractivity contribution is -0.142. The molecule has 0 N–H and O–H groups in total. The Bertz CT molecular complexity index is 736. The first kappa shape index (κ1) is 21.3. The van der Waals surface area contributed by atoms with Gasteiger partial charge in [0, 0.05) is 52.1 Å². The fourth-order valence-corrected chi connectivity index (χ4v) is 4.01. The number of carbonyl (C=O) groups excluding carboxylic acids is 3. The van der Waals surface area contributed by atoms with E-state index in [-0.39, 0.29) is 30.1 Å². The average Bonchev–Trinajstić information content (AvgIpc) is 3.07. The summed E-state index contributed by atoms with van der Waals surface area (Å²) in [7, 11) is 0. The maximum atomic E-state index is 12.9. The van der Waals surface area contributed by atoms with Crippen LogP contribution in [-0.2, 0) is 20.9 Å². The van der Waals surface area contributed by atoms with E-state index in [0.717, 1.165) is 12.0 Å². The Hall–Kier alpha value is -2.37. The molecule has 2 saturated heterocycles. The third-order valence-corrected chi connectivity index (χ3v) is 5.94. The SMILES string of the molecule is Cc1ccc(CN2CC(C(=O)N3CCN(C(=O)CCC(C)C)CC3)CC2=O)cc1. The quantitative estimate of drug-likeness (QED) is 0.738. The molecule has 0 aliphatic carbocycles. The van der Waals surface area contributed by atoms with E-state index in [2.05, 4.69) is 13.8 Å². The Labute approximate surface area is 173 Å². The lowest BCUT2D eigenvalue weighted by atomic mass is 10.1. The molecule has 1 aromatic rings. The molecule has 0 aromatic heterocycles. The number of benzene rings is 1. The Morgan fingerprint density at radius 3 is 2.28 bits per heavy atom. The van der Waals surface area contributed by atoms with E-state index in [4.69, 9.17) is 0 Å². The first-order valence-electron chi connectivity index (χ1n) is 10.7. The topological polar surface area (TPSA) is 60.9 Å². The minimum atomic E-state index is -0.267. The van der Waals surface area contributed by atoms with Crippen molar-refractivity contribution >= 4 is 17.7 Å². The summed E-state index contributed by atoms with van der Waals surface area (Å²) < 4.78 is 0. The summed E-state index contributed by atoms with van der Waals surface area (Å²) in [5, 5.41) is 0. The highest BCUT2D eigenvalue weighted by atomic mass is 16.2. The molecule has 6 nitrogen and oxygen atoms in total. The van der Waals surface area contributed by atoms with Gasteiger partial charge in [-0.25, -0.2) is 0 Å². The monoisotopic (exact) mass is 399 g/mol. The lowest BCUT2D eigenvalue weighted by Gasteiger charge is -2.36. The highest BCUT2D eigenvalue weighted by Crippen LogP contribution is 2.23. The largest absolute Gasteiger partial charge is 0.339 e. The summed E-state index contributed by atoms with van der Waals surface area (Å²) >= 11 is 0. The van der Waals surface area contributed by atoms with Gasteiger partial charge in [-0.2, -0.15) is 0 Å². The van der Waals surface area contributed by atoms with Crippen LogP contribution in [0.3, 0.4) is 0 Å². The van der Waals surface area contributed by atoms with Crippen LogP contribution in [-0.4, -0.2) is 65.1 Å². The summed E-state index contributed by atoms with van der Waals surface area (Å²) in [4.78, 5) is 43.1. The molecule has 0 bridgehead atoms. The van der Waals surface area contributed by atoms with Crippen LogP contribution in [0.1, 0.15) is 44.2 Å². The van der Waals surface area contributed by atoms with E-state index < -0.39 is 0 Å². The van der Waals surface area contributed by atoms with Crippen LogP contribution < -0.4 is 0 Å². The fraction of sp³-hybridized carbons (Fsp3) is 0.609. The van der Waals surface area contributed by atoms with Crippen molar-refractivity contribution in [3.05, 3.63) is 35.4 Å². The predicted molar refractivity (Wildman–Crippen MR) is 112 cm³/mol. The second-order valence-electron chi connectivity index (χ2n) is 8.80. The van der Waals surface area contributed by atoms with Crippen LogP contribution >= 0.6 is 0 Å². The van der Waals surface area contributed by atoms with Gasteiger partial charge in [-0.3, -0.25) is 14.4 Å². The van der Waals surface area contributed by atoms with Gasteiger partial charge in [0.15, 0.2) is 0 Å². The second kappa shape index (κ2) is 9.42. The number of nitrogens with zero attached hydrogens (tertiary/aromatic N) is 3. The van der Waals surface area contributed by atoms with Crippen LogP contribution in [0.2, 0.25) is 0 Å². The van der Waals surface area contributed by atoms with Crippen molar-refractivity contribution in [2.24, 2.45) is 11.8 Å². The molecule has 1 unspecified atom stereocenters. The zero-order valence-corrected chi connectivity index (χ0v) is 17.9. The molecular formula is C23H33N3O3. The van der Waals surface area contributed by atoms with E-state index >= 15 is 0 Å². The van der Waals surface area contributed by atoms with Crippen molar-refractivity contribution in [1.29, 1.82) is 0 Å². The van der Waals surface area contributed by atoms with E-state index in [1.807, 2.05) is 41.0 Å². The number of hydrogen-bond acceptors (Lipinski definition) is 3. The van der Waals surface area contributed by atoms with Crippen molar-refractivity contribution < 1.29 is 14.4 Å². The maximum Gasteiger partial charge on any atom is 0.228 e. The van der Waals surface area contributed by atoms with E-state index in [1.54, 1.807) is 4.90 Å². The average molecular weight is 400 g/mol. The second-order valence-corrected chi connectivity index (χ2v) is 8.80. The van der Waals surface area contributed by atoms with E-state index in [1.165, 1.54) is 5.56 Å². The number of rotatable bonds is 6. The van der Waals surface area contributed by atoms with Crippen LogP contribution in [0, 0.1) is 18.8 Å². The molecule has 6 heteroatoms. The summed E-state index contributed by atoms with van der Waals surface area (Å²) in [6.45, 7) is 9.64. The molecular weight excluding hydrogens is 366 g/mol. The molecule has 1 atom stereocenters. The summed E-state index contributed by atoms with van der Waals surface area (Å²) in [5.41, 5.74) is 2.28.